The Morgan fingerprint density at radius 2 is 1.88 bits per heavy atom. The lowest BCUT2D eigenvalue weighted by Crippen LogP contribution is -2.25. The molecule has 1 saturated carbocycles. The smallest absolute Gasteiger partial charge is 0.000824 e. The molecular formula is C15H25N. The zero-order chi connectivity index (χ0) is 11.8. The molecule has 1 heteroatoms. The van der Waals surface area contributed by atoms with Gasteiger partial charge in [-0.2, -0.15) is 0 Å². The number of rotatable bonds is 7. The van der Waals surface area contributed by atoms with Crippen LogP contribution < -0.4 is 5.32 Å². The van der Waals surface area contributed by atoms with E-state index >= 15 is 0 Å². The molecule has 1 nitrogen and oxygen atoms in total. The fourth-order valence-electron chi connectivity index (χ4n) is 2.24. The lowest BCUT2D eigenvalue weighted by molar-refractivity contribution is 0.343. The van der Waals surface area contributed by atoms with Crippen molar-refractivity contribution in [2.75, 3.05) is 13.1 Å². The molecule has 0 atom stereocenters. The molecule has 16 heavy (non-hydrogen) atoms. The molecule has 0 bridgehead atoms. The second-order valence-electron chi connectivity index (χ2n) is 4.79. The van der Waals surface area contributed by atoms with Crippen LogP contribution in [0.5, 0.6) is 0 Å². The van der Waals surface area contributed by atoms with Gasteiger partial charge in [-0.3, -0.25) is 0 Å². The number of hydrogen-bond donors (Lipinski definition) is 1. The minimum absolute atomic E-state index is 0.907. The monoisotopic (exact) mass is 219 g/mol. The van der Waals surface area contributed by atoms with E-state index in [9.17, 15) is 0 Å². The first-order valence-electron chi connectivity index (χ1n) is 6.44. The van der Waals surface area contributed by atoms with E-state index < -0.39 is 0 Å². The van der Waals surface area contributed by atoms with E-state index in [-0.39, 0.29) is 0 Å². The van der Waals surface area contributed by atoms with E-state index in [0.29, 0.717) is 0 Å². The summed E-state index contributed by atoms with van der Waals surface area (Å²) in [6.45, 7) is 13.8. The Kier molecular flexibility index (Phi) is 6.17. The van der Waals surface area contributed by atoms with Gasteiger partial charge in [0.05, 0.1) is 0 Å². The maximum Gasteiger partial charge on any atom is -0.000824 e. The summed E-state index contributed by atoms with van der Waals surface area (Å²) in [5.74, 6) is 0.907. The Balaban J connectivity index is 2.04. The Labute approximate surface area is 100 Å². The van der Waals surface area contributed by atoms with Gasteiger partial charge < -0.3 is 5.32 Å². The molecular weight excluding hydrogens is 194 g/mol. The highest BCUT2D eigenvalue weighted by atomic mass is 14.9. The summed E-state index contributed by atoms with van der Waals surface area (Å²) in [6.07, 6.45) is 9.87. The van der Waals surface area contributed by atoms with Crippen LogP contribution in [0.1, 0.15) is 38.5 Å². The molecule has 0 spiro atoms. The van der Waals surface area contributed by atoms with Gasteiger partial charge in [0.2, 0.25) is 0 Å². The highest BCUT2D eigenvalue weighted by molar-refractivity contribution is 5.33. The van der Waals surface area contributed by atoms with Gasteiger partial charge in [0, 0.05) is 0 Å². The van der Waals surface area contributed by atoms with Crippen LogP contribution in [0.15, 0.2) is 37.0 Å². The fourth-order valence-corrected chi connectivity index (χ4v) is 2.24. The third-order valence-electron chi connectivity index (χ3n) is 3.46. The molecule has 90 valence electrons. The van der Waals surface area contributed by atoms with Gasteiger partial charge in [-0.25, -0.2) is 0 Å². The Hall–Kier alpha value is -0.820. The minimum Gasteiger partial charge on any atom is -0.316 e. The second kappa shape index (κ2) is 7.45. The third-order valence-corrected chi connectivity index (χ3v) is 3.46. The van der Waals surface area contributed by atoms with Crippen molar-refractivity contribution in [3.05, 3.63) is 37.0 Å². The summed E-state index contributed by atoms with van der Waals surface area (Å²) in [5.41, 5.74) is 2.07. The molecule has 0 aromatic carbocycles. The lowest BCUT2D eigenvalue weighted by atomic mass is 9.89. The van der Waals surface area contributed by atoms with Crippen LogP contribution >= 0.6 is 0 Å². The normalized spacial score (nSPS) is 17.0. The Morgan fingerprint density at radius 1 is 1.19 bits per heavy atom. The van der Waals surface area contributed by atoms with Crippen molar-refractivity contribution in [3.8, 4) is 0 Å². The van der Waals surface area contributed by atoms with Gasteiger partial charge in [-0.05, 0) is 49.4 Å². The van der Waals surface area contributed by atoms with Crippen LogP contribution in [0.25, 0.3) is 0 Å². The van der Waals surface area contributed by atoms with Gasteiger partial charge in [-0.15, -0.1) is 0 Å². The van der Waals surface area contributed by atoms with Crippen molar-refractivity contribution in [2.45, 2.75) is 38.5 Å². The molecule has 0 aromatic heterocycles. The first kappa shape index (κ1) is 13.2. The lowest BCUT2D eigenvalue weighted by Gasteiger charge is -2.21. The van der Waals surface area contributed by atoms with Crippen molar-refractivity contribution < 1.29 is 0 Å². The molecule has 1 rings (SSSR count). The number of nitrogens with one attached hydrogen (secondary N) is 1. The van der Waals surface area contributed by atoms with Crippen LogP contribution in [0.3, 0.4) is 0 Å². The van der Waals surface area contributed by atoms with Crippen molar-refractivity contribution in [3.63, 3.8) is 0 Å². The standard InChI is InChI=1S/C15H25N/c1-4-13(2)14(3)10-11-16-12-15-8-6-5-7-9-15/h4,15-16H,1-3,5-12H2. The maximum absolute atomic E-state index is 4.00. The molecule has 0 heterocycles. The quantitative estimate of drug-likeness (QED) is 0.506. The predicted octanol–water partition coefficient (Wildman–Crippen LogP) is 3.84. The molecule has 0 aromatic rings. The Morgan fingerprint density at radius 3 is 2.50 bits per heavy atom. The van der Waals surface area contributed by atoms with Crippen LogP contribution in [-0.2, 0) is 0 Å². The van der Waals surface area contributed by atoms with Crippen molar-refractivity contribution in [1.82, 2.24) is 5.32 Å². The third kappa shape index (κ3) is 4.80. The summed E-state index contributed by atoms with van der Waals surface area (Å²) in [5, 5.41) is 3.53. The van der Waals surface area contributed by atoms with Crippen LogP contribution in [0, 0.1) is 5.92 Å². The molecule has 1 aliphatic carbocycles. The molecule has 0 unspecified atom stereocenters. The van der Waals surface area contributed by atoms with E-state index in [1.807, 2.05) is 0 Å². The van der Waals surface area contributed by atoms with E-state index in [1.54, 1.807) is 6.08 Å². The highest BCUT2D eigenvalue weighted by Crippen LogP contribution is 2.22. The fraction of sp³-hybridized carbons (Fsp3) is 0.600. The molecule has 0 amide bonds. The molecule has 0 aliphatic heterocycles. The first-order valence-corrected chi connectivity index (χ1v) is 6.44. The molecule has 1 aliphatic rings. The summed E-state index contributed by atoms with van der Waals surface area (Å²) in [7, 11) is 0. The van der Waals surface area contributed by atoms with Crippen LogP contribution in [0.2, 0.25) is 0 Å². The van der Waals surface area contributed by atoms with Gasteiger partial charge in [-0.1, -0.05) is 45.1 Å². The van der Waals surface area contributed by atoms with Crippen molar-refractivity contribution in [1.29, 1.82) is 0 Å². The molecule has 0 radical (unpaired) electrons. The van der Waals surface area contributed by atoms with Crippen LogP contribution in [0.4, 0.5) is 0 Å². The maximum atomic E-state index is 4.00. The number of allylic oxidation sites excluding steroid dienone is 2. The minimum atomic E-state index is 0.907. The van der Waals surface area contributed by atoms with Crippen molar-refractivity contribution in [2.24, 2.45) is 5.92 Å². The Bertz CT molecular complexity index is 246. The van der Waals surface area contributed by atoms with Gasteiger partial charge in [0.1, 0.15) is 0 Å². The highest BCUT2D eigenvalue weighted by Gasteiger charge is 2.12. The van der Waals surface area contributed by atoms with Gasteiger partial charge >= 0.3 is 0 Å². The zero-order valence-corrected chi connectivity index (χ0v) is 10.4. The summed E-state index contributed by atoms with van der Waals surface area (Å²) in [6, 6.07) is 0. The van der Waals surface area contributed by atoms with E-state index in [4.69, 9.17) is 0 Å². The van der Waals surface area contributed by atoms with Crippen molar-refractivity contribution >= 4 is 0 Å². The predicted molar refractivity (Wildman–Crippen MR) is 72.5 cm³/mol. The second-order valence-corrected chi connectivity index (χ2v) is 4.79. The number of hydrogen-bond acceptors (Lipinski definition) is 1. The average Bonchev–Trinajstić information content (AvgIpc) is 2.34. The molecule has 1 fully saturated rings. The van der Waals surface area contributed by atoms with E-state index in [2.05, 4.69) is 25.1 Å². The average molecular weight is 219 g/mol. The van der Waals surface area contributed by atoms with Gasteiger partial charge in [0.15, 0.2) is 0 Å². The summed E-state index contributed by atoms with van der Waals surface area (Å²) in [4.78, 5) is 0. The summed E-state index contributed by atoms with van der Waals surface area (Å²) < 4.78 is 0. The molecule has 0 saturated heterocycles. The van der Waals surface area contributed by atoms with E-state index in [1.165, 1.54) is 38.6 Å². The largest absolute Gasteiger partial charge is 0.316 e. The topological polar surface area (TPSA) is 12.0 Å². The van der Waals surface area contributed by atoms with Crippen LogP contribution in [-0.4, -0.2) is 13.1 Å². The molecule has 1 N–H and O–H groups in total. The van der Waals surface area contributed by atoms with Gasteiger partial charge in [0.25, 0.3) is 0 Å². The SMILES string of the molecule is C=CC(=C)C(=C)CCNCC1CCCCC1. The van der Waals surface area contributed by atoms with E-state index in [0.717, 1.165) is 30.0 Å². The summed E-state index contributed by atoms with van der Waals surface area (Å²) >= 11 is 0. The zero-order valence-electron chi connectivity index (χ0n) is 10.4. The first-order chi connectivity index (χ1) is 7.74.